The second-order valence-corrected chi connectivity index (χ2v) is 6.08. The molecule has 0 spiro atoms. The summed E-state index contributed by atoms with van der Waals surface area (Å²) in [7, 11) is -0.390. The summed E-state index contributed by atoms with van der Waals surface area (Å²) in [5, 5.41) is 11.8. The van der Waals surface area contributed by atoms with E-state index in [1.54, 1.807) is 6.07 Å². The molecule has 1 aliphatic rings. The molecule has 3 rings (SSSR count). The van der Waals surface area contributed by atoms with E-state index in [-0.39, 0.29) is 24.6 Å². The summed E-state index contributed by atoms with van der Waals surface area (Å²) in [6.07, 6.45) is 1.02. The second kappa shape index (κ2) is 4.79. The molecule has 1 atom stereocenters. The molecule has 1 fully saturated rings. The normalized spacial score (nSPS) is 22.1. The lowest BCUT2D eigenvalue weighted by molar-refractivity contribution is -0.0228. The van der Waals surface area contributed by atoms with Crippen molar-refractivity contribution in [2.45, 2.75) is 38.9 Å². The third-order valence-corrected chi connectivity index (χ3v) is 3.75. The Labute approximate surface area is 119 Å². The van der Waals surface area contributed by atoms with Gasteiger partial charge >= 0.3 is 7.12 Å². The number of rotatable bonds is 1. The van der Waals surface area contributed by atoms with Gasteiger partial charge in [0.25, 0.3) is 0 Å². The maximum absolute atomic E-state index is 9.97. The number of fused-ring (bicyclic) bond motifs is 1. The molecule has 4 heteroatoms. The van der Waals surface area contributed by atoms with E-state index in [1.165, 1.54) is 0 Å². The predicted molar refractivity (Wildman–Crippen MR) is 81.3 cm³/mol. The molecule has 0 amide bonds. The van der Waals surface area contributed by atoms with Crippen LogP contribution in [0.1, 0.15) is 27.2 Å². The number of benzene rings is 2. The molecule has 104 valence electrons. The molecule has 1 aliphatic heterocycles. The van der Waals surface area contributed by atoms with Crippen molar-refractivity contribution in [3.63, 3.8) is 0 Å². The van der Waals surface area contributed by atoms with E-state index in [4.69, 9.17) is 9.31 Å². The van der Waals surface area contributed by atoms with Crippen molar-refractivity contribution in [3.8, 4) is 5.75 Å². The van der Waals surface area contributed by atoms with Crippen LogP contribution in [0.2, 0.25) is 0 Å². The van der Waals surface area contributed by atoms with Crippen molar-refractivity contribution in [2.75, 3.05) is 0 Å². The average molecular weight is 270 g/mol. The minimum absolute atomic E-state index is 0.149. The first-order chi connectivity index (χ1) is 9.46. The van der Waals surface area contributed by atoms with Crippen LogP contribution in [-0.2, 0) is 9.31 Å². The zero-order valence-corrected chi connectivity index (χ0v) is 12.1. The van der Waals surface area contributed by atoms with Gasteiger partial charge in [0.05, 0.1) is 5.60 Å². The smallest absolute Gasteiger partial charge is 0.495 e. The molecule has 1 saturated heterocycles. The van der Waals surface area contributed by atoms with Gasteiger partial charge in [-0.05, 0) is 44.1 Å². The Morgan fingerprint density at radius 3 is 2.55 bits per heavy atom. The number of phenolic OH excluding ortho intramolecular Hbond substituents is 1. The van der Waals surface area contributed by atoms with E-state index in [9.17, 15) is 5.11 Å². The van der Waals surface area contributed by atoms with Gasteiger partial charge in [0.2, 0.25) is 0 Å². The SMILES string of the molecule is CC1CC(C)(C)OB(c2ccc(O)c3ccccc23)O1. The number of phenols is 1. The maximum Gasteiger partial charge on any atom is 0.495 e. The van der Waals surface area contributed by atoms with Crippen LogP contribution in [-0.4, -0.2) is 23.9 Å². The highest BCUT2D eigenvalue weighted by Gasteiger charge is 2.38. The molecule has 2 aromatic rings. The van der Waals surface area contributed by atoms with E-state index in [0.717, 1.165) is 22.7 Å². The highest BCUT2D eigenvalue weighted by molar-refractivity contribution is 6.64. The zero-order chi connectivity index (χ0) is 14.3. The van der Waals surface area contributed by atoms with E-state index < -0.39 is 0 Å². The molecule has 2 aromatic carbocycles. The van der Waals surface area contributed by atoms with E-state index >= 15 is 0 Å². The topological polar surface area (TPSA) is 38.7 Å². The molecule has 0 radical (unpaired) electrons. The van der Waals surface area contributed by atoms with Gasteiger partial charge in [-0.2, -0.15) is 0 Å². The highest BCUT2D eigenvalue weighted by atomic mass is 16.6. The van der Waals surface area contributed by atoms with Crippen molar-refractivity contribution in [3.05, 3.63) is 36.4 Å². The van der Waals surface area contributed by atoms with Crippen LogP contribution in [0.15, 0.2) is 36.4 Å². The van der Waals surface area contributed by atoms with Gasteiger partial charge in [-0.1, -0.05) is 30.3 Å². The Kier molecular flexibility index (Phi) is 3.23. The summed E-state index contributed by atoms with van der Waals surface area (Å²) in [5.41, 5.74) is 0.763. The van der Waals surface area contributed by atoms with Crippen LogP contribution < -0.4 is 5.46 Å². The first-order valence-electron chi connectivity index (χ1n) is 7.00. The first kappa shape index (κ1) is 13.5. The molecular formula is C16H19BO3. The number of hydrogen-bond donors (Lipinski definition) is 1. The van der Waals surface area contributed by atoms with Crippen LogP contribution in [0, 0.1) is 0 Å². The van der Waals surface area contributed by atoms with Crippen LogP contribution in [0.25, 0.3) is 10.8 Å². The van der Waals surface area contributed by atoms with Crippen LogP contribution >= 0.6 is 0 Å². The Bertz CT molecular complexity index is 639. The van der Waals surface area contributed by atoms with Gasteiger partial charge in [0, 0.05) is 11.5 Å². The summed E-state index contributed by atoms with van der Waals surface area (Å²) in [5.74, 6) is 0.285. The van der Waals surface area contributed by atoms with Crippen LogP contribution in [0.4, 0.5) is 0 Å². The Balaban J connectivity index is 2.08. The lowest BCUT2D eigenvalue weighted by atomic mass is 9.72. The van der Waals surface area contributed by atoms with E-state index in [2.05, 4.69) is 20.8 Å². The highest BCUT2D eigenvalue weighted by Crippen LogP contribution is 2.28. The standard InChI is InChI=1S/C16H19BO3/c1-11-10-16(2,3)20-17(19-11)14-8-9-15(18)13-7-5-4-6-12(13)14/h4-9,11,18H,10H2,1-3H3. The Morgan fingerprint density at radius 2 is 1.85 bits per heavy atom. The van der Waals surface area contributed by atoms with E-state index in [0.29, 0.717) is 0 Å². The largest absolute Gasteiger partial charge is 0.507 e. The van der Waals surface area contributed by atoms with E-state index in [1.807, 2.05) is 30.3 Å². The molecule has 1 N–H and O–H groups in total. The minimum atomic E-state index is -0.390. The number of hydrogen-bond acceptors (Lipinski definition) is 3. The molecule has 0 bridgehead atoms. The molecule has 0 saturated carbocycles. The molecule has 20 heavy (non-hydrogen) atoms. The molecule has 1 heterocycles. The van der Waals surface area contributed by atoms with Crippen LogP contribution in [0.5, 0.6) is 5.75 Å². The van der Waals surface area contributed by atoms with Gasteiger partial charge in [0.15, 0.2) is 0 Å². The molecule has 1 unspecified atom stereocenters. The lowest BCUT2D eigenvalue weighted by Crippen LogP contribution is -2.51. The van der Waals surface area contributed by atoms with Crippen LogP contribution in [0.3, 0.4) is 0 Å². The van der Waals surface area contributed by atoms with Gasteiger partial charge in [-0.15, -0.1) is 0 Å². The van der Waals surface area contributed by atoms with Gasteiger partial charge < -0.3 is 14.4 Å². The fraction of sp³-hybridized carbons (Fsp3) is 0.375. The summed E-state index contributed by atoms with van der Waals surface area (Å²) in [6, 6.07) is 11.4. The van der Waals surface area contributed by atoms with Crippen molar-refractivity contribution >= 4 is 23.4 Å². The Morgan fingerprint density at radius 1 is 1.15 bits per heavy atom. The molecule has 0 aromatic heterocycles. The Hall–Kier alpha value is -1.52. The maximum atomic E-state index is 9.97. The molecular weight excluding hydrogens is 251 g/mol. The molecule has 3 nitrogen and oxygen atoms in total. The van der Waals surface area contributed by atoms with Crippen molar-refractivity contribution in [1.29, 1.82) is 0 Å². The monoisotopic (exact) mass is 270 g/mol. The van der Waals surface area contributed by atoms with Crippen molar-refractivity contribution in [1.82, 2.24) is 0 Å². The third-order valence-electron chi connectivity index (χ3n) is 3.75. The second-order valence-electron chi connectivity index (χ2n) is 6.08. The van der Waals surface area contributed by atoms with Crippen molar-refractivity contribution in [2.24, 2.45) is 0 Å². The average Bonchev–Trinajstić information content (AvgIpc) is 2.37. The summed E-state index contributed by atoms with van der Waals surface area (Å²) >= 11 is 0. The fourth-order valence-corrected chi connectivity index (χ4v) is 2.97. The van der Waals surface area contributed by atoms with Crippen molar-refractivity contribution < 1.29 is 14.4 Å². The third kappa shape index (κ3) is 2.41. The summed E-state index contributed by atoms with van der Waals surface area (Å²) in [6.45, 7) is 6.24. The zero-order valence-electron chi connectivity index (χ0n) is 12.1. The summed E-state index contributed by atoms with van der Waals surface area (Å²) < 4.78 is 12.0. The van der Waals surface area contributed by atoms with Gasteiger partial charge in [-0.3, -0.25) is 0 Å². The lowest BCUT2D eigenvalue weighted by Gasteiger charge is -2.38. The minimum Gasteiger partial charge on any atom is -0.507 e. The quantitative estimate of drug-likeness (QED) is 0.810. The number of aromatic hydroxyl groups is 1. The van der Waals surface area contributed by atoms with Gasteiger partial charge in [-0.25, -0.2) is 0 Å². The predicted octanol–water partition coefficient (Wildman–Crippen LogP) is 2.84. The summed E-state index contributed by atoms with van der Waals surface area (Å²) in [4.78, 5) is 0. The fourth-order valence-electron chi connectivity index (χ4n) is 2.97. The van der Waals surface area contributed by atoms with Gasteiger partial charge in [0.1, 0.15) is 5.75 Å². The molecule has 0 aliphatic carbocycles. The first-order valence-corrected chi connectivity index (χ1v) is 7.00.